The van der Waals surface area contributed by atoms with Gasteiger partial charge in [0.1, 0.15) is 5.82 Å². The minimum atomic E-state index is -1.21. The standard InChI is InChI=1S/C8H7F3O2/c1-13-8-6(10)2-5(9)4(3-12)7(8)11/h2,12H,3H2,1H3. The maximum Gasteiger partial charge on any atom is 0.190 e. The van der Waals surface area contributed by atoms with Gasteiger partial charge in [0, 0.05) is 6.07 Å². The van der Waals surface area contributed by atoms with E-state index < -0.39 is 35.4 Å². The first-order valence-corrected chi connectivity index (χ1v) is 3.43. The normalized spacial score (nSPS) is 10.2. The van der Waals surface area contributed by atoms with Crippen molar-refractivity contribution >= 4 is 0 Å². The van der Waals surface area contributed by atoms with Gasteiger partial charge in [0.2, 0.25) is 0 Å². The molecule has 0 spiro atoms. The molecule has 0 bridgehead atoms. The Morgan fingerprint density at radius 2 is 1.92 bits per heavy atom. The van der Waals surface area contributed by atoms with E-state index >= 15 is 0 Å². The lowest BCUT2D eigenvalue weighted by Gasteiger charge is -2.07. The number of hydrogen-bond donors (Lipinski definition) is 1. The SMILES string of the molecule is COc1c(F)cc(F)c(CO)c1F. The number of aliphatic hydroxyl groups excluding tert-OH is 1. The lowest BCUT2D eigenvalue weighted by Crippen LogP contribution is -2.01. The minimum absolute atomic E-state index is 0.466. The molecule has 0 aliphatic heterocycles. The average molecular weight is 192 g/mol. The highest BCUT2D eigenvalue weighted by atomic mass is 19.1. The fraction of sp³-hybridized carbons (Fsp3) is 0.250. The van der Waals surface area contributed by atoms with Gasteiger partial charge >= 0.3 is 0 Å². The third-order valence-corrected chi connectivity index (χ3v) is 1.59. The second-order valence-corrected chi connectivity index (χ2v) is 2.32. The number of aliphatic hydroxyl groups is 1. The van der Waals surface area contributed by atoms with Crippen LogP contribution in [0.3, 0.4) is 0 Å². The first-order valence-electron chi connectivity index (χ1n) is 3.43. The van der Waals surface area contributed by atoms with Gasteiger partial charge in [-0.25, -0.2) is 13.2 Å². The Labute approximate surface area is 72.6 Å². The van der Waals surface area contributed by atoms with Crippen LogP contribution in [0.5, 0.6) is 5.75 Å². The third-order valence-electron chi connectivity index (χ3n) is 1.59. The molecule has 1 aromatic rings. The van der Waals surface area contributed by atoms with E-state index in [9.17, 15) is 13.2 Å². The Kier molecular flexibility index (Phi) is 2.77. The molecule has 72 valence electrons. The second-order valence-electron chi connectivity index (χ2n) is 2.32. The van der Waals surface area contributed by atoms with E-state index in [4.69, 9.17) is 5.11 Å². The fourth-order valence-electron chi connectivity index (χ4n) is 0.943. The van der Waals surface area contributed by atoms with E-state index in [-0.39, 0.29) is 0 Å². The van der Waals surface area contributed by atoms with Gasteiger partial charge in [0.05, 0.1) is 19.3 Å². The van der Waals surface area contributed by atoms with Crippen molar-refractivity contribution in [2.45, 2.75) is 6.61 Å². The molecule has 0 aromatic heterocycles. The van der Waals surface area contributed by atoms with Crippen LogP contribution in [0, 0.1) is 17.5 Å². The summed E-state index contributed by atoms with van der Waals surface area (Å²) < 4.78 is 42.8. The molecular weight excluding hydrogens is 185 g/mol. The number of rotatable bonds is 2. The summed E-state index contributed by atoms with van der Waals surface area (Å²) in [5.74, 6) is -4.15. The van der Waals surface area contributed by atoms with Crippen molar-refractivity contribution in [2.75, 3.05) is 7.11 Å². The van der Waals surface area contributed by atoms with Gasteiger partial charge in [-0.3, -0.25) is 0 Å². The summed E-state index contributed by atoms with van der Waals surface area (Å²) in [5, 5.41) is 8.55. The van der Waals surface area contributed by atoms with Crippen molar-refractivity contribution in [3.05, 3.63) is 29.1 Å². The summed E-state index contributed by atoms with van der Waals surface area (Å²) in [6.07, 6.45) is 0. The van der Waals surface area contributed by atoms with Crippen LogP contribution < -0.4 is 4.74 Å². The highest BCUT2D eigenvalue weighted by Gasteiger charge is 2.18. The van der Waals surface area contributed by atoms with Gasteiger partial charge in [-0.1, -0.05) is 0 Å². The van der Waals surface area contributed by atoms with E-state index in [1.165, 1.54) is 0 Å². The van der Waals surface area contributed by atoms with Crippen molar-refractivity contribution in [3.63, 3.8) is 0 Å². The van der Waals surface area contributed by atoms with Gasteiger partial charge in [0.25, 0.3) is 0 Å². The molecule has 5 heteroatoms. The molecular formula is C8H7F3O2. The van der Waals surface area contributed by atoms with Crippen LogP contribution in [-0.4, -0.2) is 12.2 Å². The summed E-state index contributed by atoms with van der Waals surface area (Å²) in [7, 11) is 1.06. The van der Waals surface area contributed by atoms with Gasteiger partial charge in [0.15, 0.2) is 17.4 Å². The predicted octanol–water partition coefficient (Wildman–Crippen LogP) is 1.60. The molecule has 0 aliphatic rings. The zero-order chi connectivity index (χ0) is 10.0. The van der Waals surface area contributed by atoms with E-state index in [0.717, 1.165) is 7.11 Å². The Morgan fingerprint density at radius 3 is 2.38 bits per heavy atom. The molecule has 2 nitrogen and oxygen atoms in total. The molecule has 1 aromatic carbocycles. The number of halogens is 3. The van der Waals surface area contributed by atoms with Gasteiger partial charge < -0.3 is 9.84 Å². The highest BCUT2D eigenvalue weighted by Crippen LogP contribution is 2.26. The van der Waals surface area contributed by atoms with Crippen molar-refractivity contribution in [1.82, 2.24) is 0 Å². The summed E-state index contributed by atoms with van der Waals surface area (Å²) >= 11 is 0. The molecule has 13 heavy (non-hydrogen) atoms. The summed E-state index contributed by atoms with van der Waals surface area (Å²) in [5.41, 5.74) is -0.599. The van der Waals surface area contributed by atoms with Crippen molar-refractivity contribution in [1.29, 1.82) is 0 Å². The maximum absolute atomic E-state index is 13.0. The van der Waals surface area contributed by atoms with Crippen molar-refractivity contribution in [3.8, 4) is 5.75 Å². The molecule has 0 unspecified atom stereocenters. The average Bonchev–Trinajstić information content (AvgIpc) is 2.04. The number of hydrogen-bond acceptors (Lipinski definition) is 2. The number of methoxy groups -OCH3 is 1. The summed E-state index contributed by atoms with van der Waals surface area (Å²) in [6, 6.07) is 0.466. The molecule has 1 rings (SSSR count). The number of ether oxygens (including phenoxy) is 1. The van der Waals surface area contributed by atoms with E-state index in [1.807, 2.05) is 0 Å². The molecule has 0 amide bonds. The van der Waals surface area contributed by atoms with E-state index in [2.05, 4.69) is 4.74 Å². The van der Waals surface area contributed by atoms with Crippen LogP contribution in [0.2, 0.25) is 0 Å². The van der Waals surface area contributed by atoms with Crippen LogP contribution in [-0.2, 0) is 6.61 Å². The molecule has 0 atom stereocenters. The zero-order valence-corrected chi connectivity index (χ0v) is 6.77. The molecule has 0 saturated carbocycles. The molecule has 1 N–H and O–H groups in total. The van der Waals surface area contributed by atoms with E-state index in [0.29, 0.717) is 6.07 Å². The van der Waals surface area contributed by atoms with Gasteiger partial charge in [-0.2, -0.15) is 0 Å². The van der Waals surface area contributed by atoms with Crippen LogP contribution >= 0.6 is 0 Å². The highest BCUT2D eigenvalue weighted by molar-refractivity contribution is 5.33. The van der Waals surface area contributed by atoms with Crippen LogP contribution in [0.25, 0.3) is 0 Å². The predicted molar refractivity (Wildman–Crippen MR) is 38.8 cm³/mol. The second kappa shape index (κ2) is 3.66. The lowest BCUT2D eigenvalue weighted by molar-refractivity contribution is 0.263. The largest absolute Gasteiger partial charge is 0.491 e. The molecule has 0 saturated heterocycles. The number of benzene rings is 1. The summed E-state index contributed by atoms with van der Waals surface area (Å²) in [4.78, 5) is 0. The fourth-order valence-corrected chi connectivity index (χ4v) is 0.943. The Bertz CT molecular complexity index is 297. The third kappa shape index (κ3) is 1.60. The van der Waals surface area contributed by atoms with Crippen LogP contribution in [0.4, 0.5) is 13.2 Å². The van der Waals surface area contributed by atoms with Gasteiger partial charge in [-0.05, 0) is 0 Å². The van der Waals surface area contributed by atoms with E-state index in [1.54, 1.807) is 0 Å². The topological polar surface area (TPSA) is 29.5 Å². The smallest absolute Gasteiger partial charge is 0.190 e. The minimum Gasteiger partial charge on any atom is -0.491 e. The first kappa shape index (κ1) is 9.85. The lowest BCUT2D eigenvalue weighted by atomic mass is 10.2. The van der Waals surface area contributed by atoms with Crippen molar-refractivity contribution < 1.29 is 23.0 Å². The Balaban J connectivity index is 3.39. The first-order chi connectivity index (χ1) is 6.11. The molecule has 0 radical (unpaired) electrons. The van der Waals surface area contributed by atoms with Crippen LogP contribution in [0.15, 0.2) is 6.07 Å². The molecule has 0 fully saturated rings. The Morgan fingerprint density at radius 1 is 1.31 bits per heavy atom. The summed E-state index contributed by atoms with van der Waals surface area (Å²) in [6.45, 7) is -0.839. The maximum atomic E-state index is 13.0. The molecule has 0 heterocycles. The monoisotopic (exact) mass is 192 g/mol. The van der Waals surface area contributed by atoms with Crippen LogP contribution in [0.1, 0.15) is 5.56 Å². The Hall–Kier alpha value is -1.23. The molecule has 0 aliphatic carbocycles. The van der Waals surface area contributed by atoms with Gasteiger partial charge in [-0.15, -0.1) is 0 Å². The van der Waals surface area contributed by atoms with Crippen molar-refractivity contribution in [2.24, 2.45) is 0 Å². The zero-order valence-electron chi connectivity index (χ0n) is 6.77. The quantitative estimate of drug-likeness (QED) is 0.771.